The van der Waals surface area contributed by atoms with E-state index in [1.54, 1.807) is 7.11 Å². The maximum absolute atomic E-state index is 12.1. The van der Waals surface area contributed by atoms with Gasteiger partial charge in [0.05, 0.1) is 13.2 Å². The van der Waals surface area contributed by atoms with Crippen LogP contribution in [-0.4, -0.2) is 44.0 Å². The smallest absolute Gasteiger partial charge is 0.365 e. The molecule has 1 fully saturated rings. The van der Waals surface area contributed by atoms with Crippen LogP contribution in [-0.2, 0) is 14.3 Å². The molecule has 1 aliphatic rings. The highest BCUT2D eigenvalue weighted by Gasteiger charge is 2.35. The molecule has 0 spiro atoms. The SMILES string of the molecule is CCCO[C@H]1CCC[C@H]([NH3+])C(=O)O[C@@H](C)[C@@H]1Oc1ccc(OC)cc1.[Cl-]. The number of rotatable bonds is 6. The van der Waals surface area contributed by atoms with Gasteiger partial charge in [-0.1, -0.05) is 6.92 Å². The molecule has 0 bridgehead atoms. The molecule has 1 saturated heterocycles. The van der Waals surface area contributed by atoms with Gasteiger partial charge in [0.2, 0.25) is 0 Å². The third kappa shape index (κ3) is 6.34. The molecule has 4 atom stereocenters. The van der Waals surface area contributed by atoms with E-state index >= 15 is 0 Å². The summed E-state index contributed by atoms with van der Waals surface area (Å²) < 4.78 is 23.0. The second-order valence-electron chi connectivity index (χ2n) is 6.44. The molecule has 3 N–H and O–H groups in total. The first kappa shape index (κ1) is 22.5. The van der Waals surface area contributed by atoms with Crippen molar-refractivity contribution in [2.75, 3.05) is 13.7 Å². The molecule has 1 aromatic rings. The first-order valence-corrected chi connectivity index (χ1v) is 9.01. The Kier molecular flexibility index (Phi) is 9.76. The van der Waals surface area contributed by atoms with Gasteiger partial charge in [0.1, 0.15) is 17.6 Å². The van der Waals surface area contributed by atoms with Crippen molar-refractivity contribution < 1.29 is 41.9 Å². The lowest BCUT2D eigenvalue weighted by Crippen LogP contribution is -3.00. The highest BCUT2D eigenvalue weighted by molar-refractivity contribution is 5.74. The maximum atomic E-state index is 12.1. The average Bonchev–Trinajstić information content (AvgIpc) is 2.66. The average molecular weight is 388 g/mol. The first-order chi connectivity index (χ1) is 12.0. The summed E-state index contributed by atoms with van der Waals surface area (Å²) in [5, 5.41) is 0. The second kappa shape index (κ2) is 11.3. The molecule has 0 saturated carbocycles. The molecule has 1 aromatic carbocycles. The number of carbonyl (C=O) groups excluding carboxylic acids is 1. The van der Waals surface area contributed by atoms with E-state index in [2.05, 4.69) is 12.7 Å². The largest absolute Gasteiger partial charge is 1.00 e. The fourth-order valence-corrected chi connectivity index (χ4v) is 2.93. The van der Waals surface area contributed by atoms with Gasteiger partial charge < -0.3 is 37.1 Å². The van der Waals surface area contributed by atoms with Gasteiger partial charge in [0.15, 0.2) is 12.1 Å². The number of ether oxygens (including phenoxy) is 4. The molecular weight excluding hydrogens is 358 g/mol. The minimum absolute atomic E-state index is 0. The number of cyclic esters (lactones) is 1. The summed E-state index contributed by atoms with van der Waals surface area (Å²) in [5.41, 5.74) is 3.90. The Hall–Kier alpha value is -1.50. The van der Waals surface area contributed by atoms with Gasteiger partial charge in [-0.3, -0.25) is 0 Å². The van der Waals surface area contributed by atoms with Gasteiger partial charge in [-0.15, -0.1) is 0 Å². The topological polar surface area (TPSA) is 81.6 Å². The monoisotopic (exact) mass is 387 g/mol. The molecule has 0 aromatic heterocycles. The predicted octanol–water partition coefficient (Wildman–Crippen LogP) is -1.03. The number of benzene rings is 1. The molecule has 0 aliphatic carbocycles. The van der Waals surface area contributed by atoms with Crippen LogP contribution in [0.4, 0.5) is 0 Å². The number of esters is 1. The van der Waals surface area contributed by atoms with Crippen molar-refractivity contribution in [1.29, 1.82) is 0 Å². The van der Waals surface area contributed by atoms with E-state index in [4.69, 9.17) is 18.9 Å². The van der Waals surface area contributed by atoms with Crippen LogP contribution in [0.5, 0.6) is 11.5 Å². The molecule has 1 aliphatic heterocycles. The van der Waals surface area contributed by atoms with Crippen LogP contribution in [0.25, 0.3) is 0 Å². The van der Waals surface area contributed by atoms with Gasteiger partial charge in [-0.25, -0.2) is 4.79 Å². The normalized spacial score (nSPS) is 26.5. The molecule has 26 heavy (non-hydrogen) atoms. The molecule has 7 heteroatoms. The van der Waals surface area contributed by atoms with Crippen LogP contribution in [0, 0.1) is 0 Å². The maximum Gasteiger partial charge on any atom is 0.365 e. The van der Waals surface area contributed by atoms with Crippen LogP contribution < -0.4 is 27.6 Å². The van der Waals surface area contributed by atoms with E-state index in [0.29, 0.717) is 18.8 Å². The fourth-order valence-electron chi connectivity index (χ4n) is 2.93. The summed E-state index contributed by atoms with van der Waals surface area (Å²) in [7, 11) is 1.62. The minimum atomic E-state index is -0.418. The number of carbonyl (C=O) groups is 1. The Bertz CT molecular complexity index is 539. The summed E-state index contributed by atoms with van der Waals surface area (Å²) in [5.74, 6) is 1.19. The minimum Gasteiger partial charge on any atom is -1.00 e. The Morgan fingerprint density at radius 1 is 1.19 bits per heavy atom. The lowest BCUT2D eigenvalue weighted by molar-refractivity contribution is -0.410. The number of halogens is 1. The van der Waals surface area contributed by atoms with Crippen molar-refractivity contribution >= 4 is 5.97 Å². The van der Waals surface area contributed by atoms with Crippen molar-refractivity contribution in [1.82, 2.24) is 0 Å². The van der Waals surface area contributed by atoms with E-state index in [1.807, 2.05) is 31.2 Å². The number of hydrogen-bond acceptors (Lipinski definition) is 5. The van der Waals surface area contributed by atoms with Gasteiger partial charge >= 0.3 is 5.97 Å². The summed E-state index contributed by atoms with van der Waals surface area (Å²) in [6.45, 7) is 4.58. The van der Waals surface area contributed by atoms with Crippen molar-refractivity contribution in [2.24, 2.45) is 0 Å². The summed E-state index contributed by atoms with van der Waals surface area (Å²) in [6.07, 6.45) is 2.38. The van der Waals surface area contributed by atoms with Gasteiger partial charge in [0.25, 0.3) is 0 Å². The Labute approximate surface area is 161 Å². The summed E-state index contributed by atoms with van der Waals surface area (Å²) >= 11 is 0. The van der Waals surface area contributed by atoms with Crippen molar-refractivity contribution in [3.05, 3.63) is 24.3 Å². The van der Waals surface area contributed by atoms with E-state index in [9.17, 15) is 4.79 Å². The lowest BCUT2D eigenvalue weighted by Gasteiger charge is -2.31. The predicted molar refractivity (Wildman–Crippen MR) is 93.5 cm³/mol. The molecule has 1 heterocycles. The zero-order valence-corrected chi connectivity index (χ0v) is 16.5. The molecule has 0 radical (unpaired) electrons. The molecule has 0 unspecified atom stereocenters. The fraction of sp³-hybridized carbons (Fsp3) is 0.632. The first-order valence-electron chi connectivity index (χ1n) is 9.01. The van der Waals surface area contributed by atoms with Gasteiger partial charge in [-0.05, 0) is 50.5 Å². The Morgan fingerprint density at radius 2 is 1.85 bits per heavy atom. The molecule has 2 rings (SSSR count). The van der Waals surface area contributed by atoms with Crippen LogP contribution >= 0.6 is 0 Å². The van der Waals surface area contributed by atoms with E-state index in [1.165, 1.54) is 0 Å². The third-order valence-electron chi connectivity index (χ3n) is 4.37. The van der Waals surface area contributed by atoms with E-state index in [0.717, 1.165) is 25.0 Å². The highest BCUT2D eigenvalue weighted by atomic mass is 35.5. The molecule has 148 valence electrons. The quantitative estimate of drug-likeness (QED) is 0.631. The standard InChI is InChI=1S/C19H29NO5.ClH/c1-4-12-23-17-7-5-6-16(20)19(21)24-13(2)18(17)25-15-10-8-14(22-3)9-11-15;/h8-11,13,16-18H,4-7,12,20H2,1-3H3;1H/t13-,16-,17-,18-;/m0./s1. The van der Waals surface area contributed by atoms with Crippen molar-refractivity contribution in [3.63, 3.8) is 0 Å². The van der Waals surface area contributed by atoms with Crippen molar-refractivity contribution in [2.45, 2.75) is 63.9 Å². The number of methoxy groups -OCH3 is 1. The van der Waals surface area contributed by atoms with E-state index < -0.39 is 6.10 Å². The van der Waals surface area contributed by atoms with Crippen LogP contribution in [0.1, 0.15) is 39.5 Å². The van der Waals surface area contributed by atoms with Crippen LogP contribution in [0.3, 0.4) is 0 Å². The van der Waals surface area contributed by atoms with Gasteiger partial charge in [-0.2, -0.15) is 0 Å². The molecule has 0 amide bonds. The zero-order valence-electron chi connectivity index (χ0n) is 15.8. The van der Waals surface area contributed by atoms with E-state index in [-0.39, 0.29) is 36.6 Å². The summed E-state index contributed by atoms with van der Waals surface area (Å²) in [4.78, 5) is 12.1. The molecular formula is C19H30ClNO5. The highest BCUT2D eigenvalue weighted by Crippen LogP contribution is 2.25. The second-order valence-corrected chi connectivity index (χ2v) is 6.44. The van der Waals surface area contributed by atoms with Crippen molar-refractivity contribution in [3.8, 4) is 11.5 Å². The number of quaternary nitrogens is 1. The third-order valence-corrected chi connectivity index (χ3v) is 4.37. The lowest BCUT2D eigenvalue weighted by atomic mass is 10.0. The Balaban J connectivity index is 0.00000338. The van der Waals surface area contributed by atoms with Gasteiger partial charge in [0, 0.05) is 13.0 Å². The van der Waals surface area contributed by atoms with Crippen LogP contribution in [0.2, 0.25) is 0 Å². The summed E-state index contributed by atoms with van der Waals surface area (Å²) in [6, 6.07) is 7.04. The zero-order chi connectivity index (χ0) is 18.2. The number of hydrogen-bond donors (Lipinski definition) is 1. The van der Waals surface area contributed by atoms with Crippen LogP contribution in [0.15, 0.2) is 24.3 Å². The molecule has 6 nitrogen and oxygen atoms in total. The Morgan fingerprint density at radius 3 is 2.46 bits per heavy atom.